The van der Waals surface area contributed by atoms with Gasteiger partial charge in [-0.15, -0.1) is 0 Å². The molecule has 8 nitrogen and oxygen atoms in total. The van der Waals surface area contributed by atoms with Gasteiger partial charge in [0.2, 0.25) is 0 Å². The van der Waals surface area contributed by atoms with Gasteiger partial charge in [0, 0.05) is 43.7 Å². The van der Waals surface area contributed by atoms with Crippen molar-refractivity contribution in [2.45, 2.75) is 59.0 Å². The second kappa shape index (κ2) is 11.3. The molecular weight excluding hydrogens is 504 g/mol. The number of aryl methyl sites for hydroxylation is 3. The normalized spacial score (nSPS) is 16.2. The molecule has 0 N–H and O–H groups in total. The summed E-state index contributed by atoms with van der Waals surface area (Å²) < 4.78 is 19.4. The van der Waals surface area contributed by atoms with Crippen molar-refractivity contribution in [3.63, 3.8) is 0 Å². The zero-order chi connectivity index (χ0) is 27.6. The molecule has 2 bridgehead atoms. The molecule has 0 radical (unpaired) electrons. The summed E-state index contributed by atoms with van der Waals surface area (Å²) >= 11 is 0. The molecule has 0 atom stereocenters. The molecule has 3 heterocycles. The van der Waals surface area contributed by atoms with Crippen molar-refractivity contribution in [2.75, 3.05) is 26.4 Å². The maximum Gasteiger partial charge on any atom is 0.257 e. The molecule has 0 unspecified atom stereocenters. The van der Waals surface area contributed by atoms with Crippen LogP contribution in [0.2, 0.25) is 0 Å². The Balaban J connectivity index is 1.31. The standard InChI is InChI=1S/C32H36N4O4/c1-4-36-20-28(31(33-36)25-8-9-25)32(37)35-12-13-38-14-15-39-29-11-10-26(30-21(2)34-40-22(30)3)18-27(29)17-23-6-5-7-24(16-23)19-35/h5-7,10-11,16,18,20,25H,4,8-9,12-15,17,19H2,1-3H3. The van der Waals surface area contributed by atoms with E-state index in [2.05, 4.69) is 48.5 Å². The van der Waals surface area contributed by atoms with Gasteiger partial charge < -0.3 is 18.9 Å². The number of amides is 1. The van der Waals surface area contributed by atoms with Crippen LogP contribution in [0.1, 0.15) is 69.9 Å². The summed E-state index contributed by atoms with van der Waals surface area (Å²) in [4.78, 5) is 15.8. The number of aromatic nitrogens is 3. The smallest absolute Gasteiger partial charge is 0.257 e. The van der Waals surface area contributed by atoms with Crippen molar-refractivity contribution in [3.8, 4) is 16.9 Å². The molecule has 1 aliphatic carbocycles. The first-order chi connectivity index (χ1) is 19.5. The van der Waals surface area contributed by atoms with Gasteiger partial charge in [-0.2, -0.15) is 5.10 Å². The molecule has 0 saturated heterocycles. The maximum absolute atomic E-state index is 13.9. The fraction of sp³-hybridized carbons (Fsp3) is 0.406. The summed E-state index contributed by atoms with van der Waals surface area (Å²) in [6, 6.07) is 14.7. The SMILES string of the molecule is CCn1cc(C(=O)N2CCOCCOc3ccc(-c4c(C)noc4C)cc3Cc3cccc(c3)C2)c(C2CC2)n1. The number of hydrogen-bond acceptors (Lipinski definition) is 6. The predicted octanol–water partition coefficient (Wildman–Crippen LogP) is 5.69. The lowest BCUT2D eigenvalue weighted by Gasteiger charge is -2.24. The van der Waals surface area contributed by atoms with E-state index in [1.54, 1.807) is 0 Å². The lowest BCUT2D eigenvalue weighted by molar-refractivity contribution is 0.0570. The minimum absolute atomic E-state index is 0.0217. The number of nitrogens with zero attached hydrogens (tertiary/aromatic N) is 4. The number of ether oxygens (including phenoxy) is 2. The Morgan fingerprint density at radius 3 is 2.67 bits per heavy atom. The Morgan fingerprint density at radius 1 is 1.05 bits per heavy atom. The van der Waals surface area contributed by atoms with Crippen molar-refractivity contribution >= 4 is 5.91 Å². The van der Waals surface area contributed by atoms with E-state index >= 15 is 0 Å². The second-order valence-corrected chi connectivity index (χ2v) is 10.8. The van der Waals surface area contributed by atoms with Crippen LogP contribution in [0.4, 0.5) is 0 Å². The van der Waals surface area contributed by atoms with Crippen LogP contribution in [0.15, 0.2) is 53.2 Å². The molecule has 1 saturated carbocycles. The first-order valence-electron chi connectivity index (χ1n) is 14.2. The minimum atomic E-state index is 0.0217. The van der Waals surface area contributed by atoms with Crippen LogP contribution in [0.3, 0.4) is 0 Å². The summed E-state index contributed by atoms with van der Waals surface area (Å²) in [5.41, 5.74) is 7.95. The van der Waals surface area contributed by atoms with Crippen LogP contribution in [0, 0.1) is 13.8 Å². The molecule has 6 rings (SSSR count). The van der Waals surface area contributed by atoms with Crippen molar-refractivity contribution in [1.29, 1.82) is 0 Å². The summed E-state index contributed by atoms with van der Waals surface area (Å²) in [6.07, 6.45) is 4.82. The molecule has 2 aromatic heterocycles. The van der Waals surface area contributed by atoms with Crippen LogP contribution >= 0.6 is 0 Å². The Bertz CT molecular complexity index is 1500. The lowest BCUT2D eigenvalue weighted by atomic mass is 9.96. The van der Waals surface area contributed by atoms with Crippen LogP contribution in [-0.4, -0.2) is 52.1 Å². The fourth-order valence-electron chi connectivity index (χ4n) is 5.52. The van der Waals surface area contributed by atoms with E-state index in [1.165, 1.54) is 0 Å². The minimum Gasteiger partial charge on any atom is -0.491 e. The molecule has 2 aliphatic rings. The van der Waals surface area contributed by atoms with Gasteiger partial charge in [0.25, 0.3) is 5.91 Å². The van der Waals surface area contributed by atoms with E-state index in [-0.39, 0.29) is 5.91 Å². The van der Waals surface area contributed by atoms with Crippen molar-refractivity contribution in [3.05, 3.63) is 88.1 Å². The Labute approximate surface area is 234 Å². The maximum atomic E-state index is 13.9. The average Bonchev–Trinajstić information content (AvgIpc) is 3.62. The van der Waals surface area contributed by atoms with Gasteiger partial charge in [-0.05, 0) is 68.0 Å². The zero-order valence-electron chi connectivity index (χ0n) is 23.5. The highest BCUT2D eigenvalue weighted by Gasteiger charge is 2.33. The molecule has 1 amide bonds. The third kappa shape index (κ3) is 5.54. The number of fused-ring (bicyclic) bond motifs is 3. The molecule has 0 spiro atoms. The Kier molecular flexibility index (Phi) is 7.43. The average molecular weight is 541 g/mol. The van der Waals surface area contributed by atoms with E-state index < -0.39 is 0 Å². The third-order valence-electron chi connectivity index (χ3n) is 7.73. The lowest BCUT2D eigenvalue weighted by Crippen LogP contribution is -2.34. The van der Waals surface area contributed by atoms with Crippen LogP contribution in [0.5, 0.6) is 5.75 Å². The van der Waals surface area contributed by atoms with E-state index in [1.807, 2.05) is 35.7 Å². The first kappa shape index (κ1) is 26.3. The summed E-state index contributed by atoms with van der Waals surface area (Å²) in [5, 5.41) is 8.86. The molecule has 1 fully saturated rings. The second-order valence-electron chi connectivity index (χ2n) is 10.8. The van der Waals surface area contributed by atoms with Gasteiger partial charge in [-0.25, -0.2) is 0 Å². The number of carbonyl (C=O) groups is 1. The number of carbonyl (C=O) groups excluding carboxylic acids is 1. The quantitative estimate of drug-likeness (QED) is 0.331. The van der Waals surface area contributed by atoms with E-state index in [0.717, 1.165) is 75.7 Å². The highest BCUT2D eigenvalue weighted by atomic mass is 16.5. The highest BCUT2D eigenvalue weighted by Crippen LogP contribution is 2.41. The van der Waals surface area contributed by atoms with Crippen LogP contribution < -0.4 is 4.74 Å². The largest absolute Gasteiger partial charge is 0.491 e. The third-order valence-corrected chi connectivity index (χ3v) is 7.73. The van der Waals surface area contributed by atoms with Gasteiger partial charge in [0.15, 0.2) is 0 Å². The molecule has 8 heteroatoms. The molecule has 2 aromatic carbocycles. The van der Waals surface area contributed by atoms with Gasteiger partial charge in [-0.1, -0.05) is 35.5 Å². The summed E-state index contributed by atoms with van der Waals surface area (Å²) in [6.45, 7) is 9.03. The van der Waals surface area contributed by atoms with Crippen LogP contribution in [-0.2, 0) is 24.2 Å². The summed E-state index contributed by atoms with van der Waals surface area (Å²) in [5.74, 6) is 2.07. The molecule has 40 heavy (non-hydrogen) atoms. The van der Waals surface area contributed by atoms with E-state index in [0.29, 0.717) is 45.2 Å². The van der Waals surface area contributed by atoms with Gasteiger partial charge in [0.05, 0.1) is 30.2 Å². The summed E-state index contributed by atoms with van der Waals surface area (Å²) in [7, 11) is 0. The van der Waals surface area contributed by atoms with Crippen LogP contribution in [0.25, 0.3) is 11.1 Å². The van der Waals surface area contributed by atoms with Crippen molar-refractivity contribution < 1.29 is 18.8 Å². The van der Waals surface area contributed by atoms with Crippen molar-refractivity contribution in [1.82, 2.24) is 19.8 Å². The Hall–Kier alpha value is -3.91. The van der Waals surface area contributed by atoms with E-state index in [4.69, 9.17) is 19.1 Å². The van der Waals surface area contributed by atoms with Gasteiger partial charge >= 0.3 is 0 Å². The molecule has 208 valence electrons. The zero-order valence-corrected chi connectivity index (χ0v) is 23.5. The fourth-order valence-corrected chi connectivity index (χ4v) is 5.52. The molecule has 4 aromatic rings. The molecule has 1 aliphatic heterocycles. The number of hydrogen-bond donors (Lipinski definition) is 0. The van der Waals surface area contributed by atoms with Crippen molar-refractivity contribution in [2.24, 2.45) is 0 Å². The predicted molar refractivity (Wildman–Crippen MR) is 152 cm³/mol. The number of rotatable bonds is 4. The van der Waals surface area contributed by atoms with Gasteiger partial charge in [0.1, 0.15) is 18.1 Å². The molecular formula is C32H36N4O4. The van der Waals surface area contributed by atoms with E-state index in [9.17, 15) is 4.79 Å². The Morgan fingerprint density at radius 2 is 1.90 bits per heavy atom. The monoisotopic (exact) mass is 540 g/mol. The topological polar surface area (TPSA) is 82.6 Å². The van der Waals surface area contributed by atoms with Gasteiger partial charge in [-0.3, -0.25) is 9.48 Å². The highest BCUT2D eigenvalue weighted by molar-refractivity contribution is 5.95. The first-order valence-corrected chi connectivity index (χ1v) is 14.2. The number of benzene rings is 2.